The minimum absolute atomic E-state index is 0.0650. The van der Waals surface area contributed by atoms with E-state index in [9.17, 15) is 0 Å². The monoisotopic (exact) mass is 493 g/mol. The molecular weight excluding hydrogens is 454 g/mol. The fourth-order valence-electron chi connectivity index (χ4n) is 4.39. The van der Waals surface area contributed by atoms with Crippen molar-refractivity contribution in [1.82, 2.24) is 14.9 Å². The minimum Gasteiger partial charge on any atom is -0.389 e. The standard InChI is InChI=1S/C12H19N5.C11H12N2S.C2H6.C2H2/c1-17-8-2-3-10(17)5-4-9-6-7-15-12(16-9)11(13)14;1-2-7-4-3-5-9-10(7)8(6-12)11(13)14-9;2*1-2/h6-7,10H,2-5,8H2,1H3,(H3,13,14);2,7H,1,3-5,13H2;1-2H3;1-2H/t10-;7-;;/m00../s1. The maximum absolute atomic E-state index is 9.02. The van der Waals surface area contributed by atoms with Crippen LogP contribution in [0, 0.1) is 29.6 Å². The van der Waals surface area contributed by atoms with Crippen molar-refractivity contribution >= 4 is 22.2 Å². The highest BCUT2D eigenvalue weighted by molar-refractivity contribution is 7.16. The fraction of sp³-hybridized carbons (Fsp3) is 0.481. The lowest BCUT2D eigenvalue weighted by Crippen LogP contribution is -2.25. The number of hydrogen-bond acceptors (Lipinski definition) is 7. The number of rotatable bonds is 5. The summed E-state index contributed by atoms with van der Waals surface area (Å²) in [6.07, 6.45) is 19.6. The van der Waals surface area contributed by atoms with Gasteiger partial charge in [-0.25, -0.2) is 9.97 Å². The SMILES string of the molecule is C#C.C=C[C@H]1CCCc2sc(N)c(C#N)c21.CC.CN1CCC[C@H]1CCc1ccnc(C(=N)N)n1. The van der Waals surface area contributed by atoms with Gasteiger partial charge in [0.05, 0.1) is 5.56 Å². The highest BCUT2D eigenvalue weighted by Crippen LogP contribution is 2.42. The second-order valence-electron chi connectivity index (χ2n) is 8.12. The number of thiophene rings is 1. The van der Waals surface area contributed by atoms with Crippen molar-refractivity contribution in [3.05, 3.63) is 52.4 Å². The summed E-state index contributed by atoms with van der Waals surface area (Å²) < 4.78 is 0. The normalized spacial score (nSPS) is 18.2. The number of aromatic nitrogens is 2. The number of hydrogen-bond donors (Lipinski definition) is 3. The molecule has 7 nitrogen and oxygen atoms in total. The minimum atomic E-state index is -0.0650. The van der Waals surface area contributed by atoms with Crippen LogP contribution in [-0.2, 0) is 12.8 Å². The second kappa shape index (κ2) is 15.7. The van der Waals surface area contributed by atoms with Gasteiger partial charge >= 0.3 is 0 Å². The molecule has 1 saturated heterocycles. The average molecular weight is 494 g/mol. The molecular formula is C27H39N7S. The van der Waals surface area contributed by atoms with E-state index >= 15 is 0 Å². The van der Waals surface area contributed by atoms with Gasteiger partial charge in [0.25, 0.3) is 0 Å². The summed E-state index contributed by atoms with van der Waals surface area (Å²) in [4.78, 5) is 11.9. The molecule has 4 rings (SSSR count). The molecule has 2 aromatic heterocycles. The second-order valence-corrected chi connectivity index (χ2v) is 9.26. The number of nitrogens with one attached hydrogen (secondary N) is 1. The van der Waals surface area contributed by atoms with Gasteiger partial charge in [-0.1, -0.05) is 19.9 Å². The Balaban J connectivity index is 0.000000311. The number of likely N-dealkylation sites (tertiary alicyclic amines) is 1. The molecule has 0 spiro atoms. The average Bonchev–Trinajstić information content (AvgIpc) is 3.46. The van der Waals surface area contributed by atoms with Gasteiger partial charge in [-0.2, -0.15) is 5.26 Å². The molecule has 8 heteroatoms. The molecule has 2 atom stereocenters. The van der Waals surface area contributed by atoms with E-state index in [0.717, 1.165) is 36.9 Å². The molecule has 0 unspecified atom stereocenters. The third-order valence-electron chi connectivity index (χ3n) is 6.09. The molecule has 35 heavy (non-hydrogen) atoms. The number of anilines is 1. The molecule has 5 N–H and O–H groups in total. The number of terminal acetylenes is 1. The Bertz CT molecular complexity index is 1020. The zero-order valence-corrected chi connectivity index (χ0v) is 22.1. The largest absolute Gasteiger partial charge is 0.389 e. The van der Waals surface area contributed by atoms with E-state index in [0.29, 0.717) is 28.3 Å². The maximum atomic E-state index is 9.02. The van der Waals surface area contributed by atoms with Gasteiger partial charge in [-0.15, -0.1) is 30.8 Å². The summed E-state index contributed by atoms with van der Waals surface area (Å²) in [6.45, 7) is 9.02. The summed E-state index contributed by atoms with van der Waals surface area (Å²) in [7, 11) is 2.18. The lowest BCUT2D eigenvalue weighted by Gasteiger charge is -2.19. The van der Waals surface area contributed by atoms with Gasteiger partial charge in [0.2, 0.25) is 0 Å². The fourth-order valence-corrected chi connectivity index (χ4v) is 5.52. The number of fused-ring (bicyclic) bond motifs is 1. The molecule has 0 saturated carbocycles. The smallest absolute Gasteiger partial charge is 0.194 e. The number of nitrogens with two attached hydrogens (primary N) is 2. The Kier molecular flexibility index (Phi) is 13.3. The predicted molar refractivity (Wildman–Crippen MR) is 148 cm³/mol. The first-order valence-electron chi connectivity index (χ1n) is 12.1. The zero-order valence-electron chi connectivity index (χ0n) is 21.3. The van der Waals surface area contributed by atoms with E-state index in [2.05, 4.69) is 47.4 Å². The highest BCUT2D eigenvalue weighted by atomic mass is 32.1. The predicted octanol–water partition coefficient (Wildman–Crippen LogP) is 4.87. The Morgan fingerprint density at radius 2 is 2.09 bits per heavy atom. The first-order valence-corrected chi connectivity index (χ1v) is 12.9. The first-order chi connectivity index (χ1) is 16.9. The van der Waals surface area contributed by atoms with Crippen molar-refractivity contribution in [1.29, 1.82) is 10.7 Å². The Hall–Kier alpha value is -3.20. The quantitative estimate of drug-likeness (QED) is 0.236. The summed E-state index contributed by atoms with van der Waals surface area (Å²) in [6, 6.07) is 4.78. The van der Waals surface area contributed by atoms with Crippen LogP contribution in [0.5, 0.6) is 0 Å². The number of amidine groups is 1. The van der Waals surface area contributed by atoms with Crippen LogP contribution in [0.25, 0.3) is 0 Å². The summed E-state index contributed by atoms with van der Waals surface area (Å²) in [5.74, 6) is 0.606. The van der Waals surface area contributed by atoms with Crippen LogP contribution in [0.1, 0.15) is 79.4 Å². The van der Waals surface area contributed by atoms with E-state index in [4.69, 9.17) is 22.1 Å². The van der Waals surface area contributed by atoms with Crippen molar-refractivity contribution < 1.29 is 0 Å². The van der Waals surface area contributed by atoms with Gasteiger partial charge in [-0.05, 0) is 70.2 Å². The third kappa shape index (κ3) is 8.20. The van der Waals surface area contributed by atoms with Crippen LogP contribution in [0.4, 0.5) is 5.00 Å². The lowest BCUT2D eigenvalue weighted by atomic mass is 9.85. The molecule has 188 valence electrons. The molecule has 2 aliphatic rings. The van der Waals surface area contributed by atoms with Crippen LogP contribution in [-0.4, -0.2) is 40.3 Å². The number of aryl methyl sites for hydroxylation is 2. The van der Waals surface area contributed by atoms with E-state index in [1.165, 1.54) is 30.7 Å². The molecule has 1 fully saturated rings. The van der Waals surface area contributed by atoms with Gasteiger partial charge in [0.15, 0.2) is 11.7 Å². The summed E-state index contributed by atoms with van der Waals surface area (Å²) in [5.41, 5.74) is 14.0. The van der Waals surface area contributed by atoms with Crippen molar-refractivity contribution in [3.8, 4) is 18.9 Å². The number of nitriles is 1. The summed E-state index contributed by atoms with van der Waals surface area (Å²) in [5, 5.41) is 17.0. The molecule has 0 aromatic carbocycles. The summed E-state index contributed by atoms with van der Waals surface area (Å²) >= 11 is 1.57. The number of allylic oxidation sites excluding steroid dienone is 1. The van der Waals surface area contributed by atoms with Crippen LogP contribution in [0.3, 0.4) is 0 Å². The van der Waals surface area contributed by atoms with Crippen molar-refractivity contribution in [2.75, 3.05) is 19.3 Å². The van der Waals surface area contributed by atoms with E-state index in [1.807, 2.05) is 26.0 Å². The molecule has 3 heterocycles. The Morgan fingerprint density at radius 1 is 1.37 bits per heavy atom. The van der Waals surface area contributed by atoms with Crippen LogP contribution < -0.4 is 11.5 Å². The molecule has 0 radical (unpaired) electrons. The number of nitrogens with zero attached hydrogens (tertiary/aromatic N) is 4. The van der Waals surface area contributed by atoms with Gasteiger partial charge < -0.3 is 16.4 Å². The van der Waals surface area contributed by atoms with Crippen LogP contribution in [0.2, 0.25) is 0 Å². The molecule has 2 aromatic rings. The topological polar surface area (TPSA) is 129 Å². The van der Waals surface area contributed by atoms with Gasteiger partial charge in [0, 0.05) is 28.7 Å². The molecule has 1 aliphatic heterocycles. The first kappa shape index (κ1) is 29.8. The third-order valence-corrected chi connectivity index (χ3v) is 7.19. The van der Waals surface area contributed by atoms with E-state index in [1.54, 1.807) is 17.5 Å². The van der Waals surface area contributed by atoms with Crippen molar-refractivity contribution in [2.45, 2.75) is 70.8 Å². The maximum Gasteiger partial charge on any atom is 0.194 e. The molecule has 0 amide bonds. The van der Waals surface area contributed by atoms with Gasteiger partial charge in [-0.3, -0.25) is 5.41 Å². The van der Waals surface area contributed by atoms with Crippen LogP contribution in [0.15, 0.2) is 24.9 Å². The van der Waals surface area contributed by atoms with E-state index < -0.39 is 0 Å². The lowest BCUT2D eigenvalue weighted by molar-refractivity contribution is 0.296. The molecule has 1 aliphatic carbocycles. The number of nitrogen functional groups attached to an aromatic ring is 2. The zero-order chi connectivity index (χ0) is 26.4. The van der Waals surface area contributed by atoms with Crippen molar-refractivity contribution in [2.24, 2.45) is 5.73 Å². The molecule has 0 bridgehead atoms. The Labute approximate surface area is 214 Å². The van der Waals surface area contributed by atoms with Crippen molar-refractivity contribution in [3.63, 3.8) is 0 Å². The highest BCUT2D eigenvalue weighted by Gasteiger charge is 2.25. The van der Waals surface area contributed by atoms with Gasteiger partial charge in [0.1, 0.15) is 11.1 Å². The Morgan fingerprint density at radius 3 is 2.66 bits per heavy atom. The van der Waals surface area contributed by atoms with Crippen LogP contribution >= 0.6 is 11.3 Å². The van der Waals surface area contributed by atoms with E-state index in [-0.39, 0.29) is 5.84 Å².